The summed E-state index contributed by atoms with van der Waals surface area (Å²) in [4.78, 5) is 18.1. The van der Waals surface area contributed by atoms with Gasteiger partial charge < -0.3 is 14.2 Å². The van der Waals surface area contributed by atoms with E-state index in [9.17, 15) is 4.79 Å². The Balaban J connectivity index is 1.61. The number of benzene rings is 2. The Kier molecular flexibility index (Phi) is 6.03. The van der Waals surface area contributed by atoms with E-state index in [1.54, 1.807) is 20.2 Å². The van der Waals surface area contributed by atoms with Gasteiger partial charge in [0.25, 0.3) is 0 Å². The van der Waals surface area contributed by atoms with Gasteiger partial charge in [-0.15, -0.1) is 0 Å². The monoisotopic (exact) mass is 427 g/mol. The molecule has 0 spiro atoms. The summed E-state index contributed by atoms with van der Waals surface area (Å²) in [7, 11) is 3.30. The van der Waals surface area contributed by atoms with Crippen LogP contribution in [0.4, 0.5) is 0 Å². The van der Waals surface area contributed by atoms with Gasteiger partial charge in [0.05, 0.1) is 13.7 Å². The zero-order valence-corrected chi connectivity index (χ0v) is 16.5. The standard InChI is InChI=1S/C20H18BrN3O3/c1-24(19(25)11-8-14-6-9-17(26-2)10-7-14)13-18-22-20(23-27-18)15-4-3-5-16(21)12-15/h3-12H,13H2,1-2H3/b11-8+. The number of aromatic nitrogens is 2. The topological polar surface area (TPSA) is 68.5 Å². The fourth-order valence-corrected chi connectivity index (χ4v) is 2.75. The van der Waals surface area contributed by atoms with E-state index in [1.807, 2.05) is 48.5 Å². The largest absolute Gasteiger partial charge is 0.497 e. The van der Waals surface area contributed by atoms with Crippen LogP contribution in [0.15, 0.2) is 63.6 Å². The third kappa shape index (κ3) is 5.04. The summed E-state index contributed by atoms with van der Waals surface area (Å²) in [6.45, 7) is 0.229. The van der Waals surface area contributed by atoms with E-state index >= 15 is 0 Å². The highest BCUT2D eigenvalue weighted by atomic mass is 79.9. The lowest BCUT2D eigenvalue weighted by molar-refractivity contribution is -0.125. The zero-order valence-electron chi connectivity index (χ0n) is 14.9. The Labute approximate surface area is 165 Å². The minimum absolute atomic E-state index is 0.159. The van der Waals surface area contributed by atoms with Gasteiger partial charge in [-0.05, 0) is 35.9 Å². The predicted octanol–water partition coefficient (Wildman–Crippen LogP) is 4.18. The van der Waals surface area contributed by atoms with Gasteiger partial charge in [-0.2, -0.15) is 4.98 Å². The molecule has 0 saturated carbocycles. The van der Waals surface area contributed by atoms with Crippen LogP contribution in [0.5, 0.6) is 5.75 Å². The Bertz CT molecular complexity index is 951. The third-order valence-corrected chi connectivity index (χ3v) is 4.33. The fraction of sp³-hybridized carbons (Fsp3) is 0.150. The molecular weight excluding hydrogens is 410 g/mol. The van der Waals surface area contributed by atoms with E-state index in [-0.39, 0.29) is 12.5 Å². The number of likely N-dealkylation sites (N-methyl/N-ethyl adjacent to an activating group) is 1. The SMILES string of the molecule is COc1ccc(/C=C/C(=O)N(C)Cc2nc(-c3cccc(Br)c3)no2)cc1. The second-order valence-electron chi connectivity index (χ2n) is 5.82. The van der Waals surface area contributed by atoms with Crippen molar-refractivity contribution in [1.29, 1.82) is 0 Å². The molecule has 3 aromatic rings. The van der Waals surface area contributed by atoms with Crippen molar-refractivity contribution >= 4 is 27.9 Å². The smallest absolute Gasteiger partial charge is 0.246 e. The molecule has 138 valence electrons. The summed E-state index contributed by atoms with van der Waals surface area (Å²) in [6, 6.07) is 15.1. The van der Waals surface area contributed by atoms with Crippen molar-refractivity contribution in [3.8, 4) is 17.1 Å². The molecule has 6 nitrogen and oxygen atoms in total. The third-order valence-electron chi connectivity index (χ3n) is 3.83. The second-order valence-corrected chi connectivity index (χ2v) is 6.74. The highest BCUT2D eigenvalue weighted by Crippen LogP contribution is 2.20. The van der Waals surface area contributed by atoms with Crippen LogP contribution in [-0.4, -0.2) is 35.1 Å². The van der Waals surface area contributed by atoms with Gasteiger partial charge >= 0.3 is 0 Å². The summed E-state index contributed by atoms with van der Waals surface area (Å²) in [6.07, 6.45) is 3.26. The van der Waals surface area contributed by atoms with Gasteiger partial charge in [0.2, 0.25) is 17.6 Å². The Morgan fingerprint density at radius 1 is 1.26 bits per heavy atom. The molecule has 0 aliphatic rings. The van der Waals surface area contributed by atoms with E-state index < -0.39 is 0 Å². The van der Waals surface area contributed by atoms with Crippen molar-refractivity contribution in [1.82, 2.24) is 15.0 Å². The van der Waals surface area contributed by atoms with Gasteiger partial charge in [-0.25, -0.2) is 0 Å². The molecule has 27 heavy (non-hydrogen) atoms. The predicted molar refractivity (Wildman–Crippen MR) is 106 cm³/mol. The second kappa shape index (κ2) is 8.64. The number of hydrogen-bond acceptors (Lipinski definition) is 5. The summed E-state index contributed by atoms with van der Waals surface area (Å²) >= 11 is 3.42. The van der Waals surface area contributed by atoms with Crippen LogP contribution in [0.1, 0.15) is 11.5 Å². The molecule has 0 bridgehead atoms. The Morgan fingerprint density at radius 2 is 2.04 bits per heavy atom. The number of methoxy groups -OCH3 is 1. The first-order valence-electron chi connectivity index (χ1n) is 8.21. The highest BCUT2D eigenvalue weighted by Gasteiger charge is 2.13. The lowest BCUT2D eigenvalue weighted by Crippen LogP contribution is -2.24. The number of rotatable bonds is 6. The van der Waals surface area contributed by atoms with E-state index in [1.165, 1.54) is 11.0 Å². The van der Waals surface area contributed by atoms with E-state index in [0.717, 1.165) is 21.3 Å². The molecule has 0 radical (unpaired) electrons. The Morgan fingerprint density at radius 3 is 2.74 bits per heavy atom. The van der Waals surface area contributed by atoms with Gasteiger partial charge in [0.15, 0.2) is 0 Å². The minimum atomic E-state index is -0.159. The van der Waals surface area contributed by atoms with Gasteiger partial charge in [-0.3, -0.25) is 4.79 Å². The first-order valence-corrected chi connectivity index (χ1v) is 9.00. The number of carbonyl (C=O) groups excluding carboxylic acids is 1. The number of nitrogens with zero attached hydrogens (tertiary/aromatic N) is 3. The molecular formula is C20H18BrN3O3. The summed E-state index contributed by atoms with van der Waals surface area (Å²) < 4.78 is 11.3. The van der Waals surface area contributed by atoms with Crippen molar-refractivity contribution in [3.63, 3.8) is 0 Å². The minimum Gasteiger partial charge on any atom is -0.497 e. The molecule has 0 aliphatic heterocycles. The number of halogens is 1. The van der Waals surface area contributed by atoms with Crippen molar-refractivity contribution in [2.24, 2.45) is 0 Å². The number of hydrogen-bond donors (Lipinski definition) is 0. The van der Waals surface area contributed by atoms with Gasteiger partial charge in [0.1, 0.15) is 5.75 Å². The highest BCUT2D eigenvalue weighted by molar-refractivity contribution is 9.10. The lowest BCUT2D eigenvalue weighted by atomic mass is 10.2. The molecule has 0 aliphatic carbocycles. The molecule has 1 aromatic heterocycles. The average Bonchev–Trinajstić information content (AvgIpc) is 3.15. The van der Waals surface area contributed by atoms with E-state index in [2.05, 4.69) is 26.1 Å². The Hall–Kier alpha value is -2.93. The van der Waals surface area contributed by atoms with Gasteiger partial charge in [-0.1, -0.05) is 45.4 Å². The molecule has 0 saturated heterocycles. The van der Waals surface area contributed by atoms with Crippen LogP contribution in [0.25, 0.3) is 17.5 Å². The first kappa shape index (κ1) is 18.8. The molecule has 1 amide bonds. The number of amides is 1. The van der Waals surface area contributed by atoms with Crippen LogP contribution in [-0.2, 0) is 11.3 Å². The quantitative estimate of drug-likeness (QED) is 0.551. The van der Waals surface area contributed by atoms with E-state index in [0.29, 0.717) is 11.7 Å². The molecule has 7 heteroatoms. The van der Waals surface area contributed by atoms with Crippen molar-refractivity contribution in [3.05, 3.63) is 70.5 Å². The maximum atomic E-state index is 12.3. The molecule has 0 fully saturated rings. The lowest BCUT2D eigenvalue weighted by Gasteiger charge is -2.11. The molecule has 1 heterocycles. The van der Waals surface area contributed by atoms with Crippen LogP contribution in [0.2, 0.25) is 0 Å². The normalized spacial score (nSPS) is 10.9. The van der Waals surface area contributed by atoms with Crippen molar-refractivity contribution in [2.75, 3.05) is 14.2 Å². The summed E-state index contributed by atoms with van der Waals surface area (Å²) in [5.41, 5.74) is 1.75. The van der Waals surface area contributed by atoms with Crippen LogP contribution < -0.4 is 4.74 Å². The number of ether oxygens (including phenoxy) is 1. The maximum absolute atomic E-state index is 12.3. The average molecular weight is 428 g/mol. The van der Waals surface area contributed by atoms with Crippen molar-refractivity contribution < 1.29 is 14.1 Å². The molecule has 0 unspecified atom stereocenters. The molecule has 2 aromatic carbocycles. The molecule has 0 atom stereocenters. The van der Waals surface area contributed by atoms with Crippen LogP contribution in [0, 0.1) is 0 Å². The summed E-state index contributed by atoms with van der Waals surface area (Å²) in [5.74, 6) is 1.47. The molecule has 0 N–H and O–H groups in total. The van der Waals surface area contributed by atoms with E-state index in [4.69, 9.17) is 9.26 Å². The first-order chi connectivity index (χ1) is 13.0. The number of carbonyl (C=O) groups is 1. The summed E-state index contributed by atoms with van der Waals surface area (Å²) in [5, 5.41) is 3.98. The maximum Gasteiger partial charge on any atom is 0.246 e. The molecule has 3 rings (SSSR count). The van der Waals surface area contributed by atoms with Crippen LogP contribution in [0.3, 0.4) is 0 Å². The zero-order chi connectivity index (χ0) is 19.2. The van der Waals surface area contributed by atoms with Crippen molar-refractivity contribution in [2.45, 2.75) is 6.54 Å². The fourth-order valence-electron chi connectivity index (χ4n) is 2.35. The van der Waals surface area contributed by atoms with Crippen LogP contribution >= 0.6 is 15.9 Å². The van der Waals surface area contributed by atoms with Gasteiger partial charge in [0, 0.05) is 23.2 Å².